The highest BCUT2D eigenvalue weighted by Crippen LogP contribution is 2.07. The van der Waals surface area contributed by atoms with Crippen molar-refractivity contribution in [2.45, 2.75) is 39.8 Å². The van der Waals surface area contributed by atoms with Gasteiger partial charge in [-0.2, -0.15) is 10.2 Å². The molecular formula is C17H22N6O2. The van der Waals surface area contributed by atoms with E-state index >= 15 is 0 Å². The summed E-state index contributed by atoms with van der Waals surface area (Å²) in [5, 5.41) is 20.6. The number of nitrogens with one attached hydrogen (secondary N) is 1. The molecule has 3 heterocycles. The number of aliphatic hydroxyl groups is 1. The second-order valence-electron chi connectivity index (χ2n) is 6.25. The SMILES string of the molecule is Cc1cc(C)n(C[C@H](C)NC(=O)c2cc3ncc(CCO)cn3n2)n1. The van der Waals surface area contributed by atoms with Crippen LogP contribution in [0.3, 0.4) is 0 Å². The highest BCUT2D eigenvalue weighted by Gasteiger charge is 2.15. The quantitative estimate of drug-likeness (QED) is 0.693. The minimum atomic E-state index is -0.247. The van der Waals surface area contributed by atoms with Crippen molar-refractivity contribution >= 4 is 11.6 Å². The summed E-state index contributed by atoms with van der Waals surface area (Å²) >= 11 is 0. The van der Waals surface area contributed by atoms with Gasteiger partial charge in [0.25, 0.3) is 5.91 Å². The Balaban J connectivity index is 1.69. The molecule has 0 saturated carbocycles. The Kier molecular flexibility index (Phi) is 4.80. The Morgan fingerprint density at radius 3 is 2.80 bits per heavy atom. The van der Waals surface area contributed by atoms with Gasteiger partial charge < -0.3 is 10.4 Å². The van der Waals surface area contributed by atoms with Crippen molar-refractivity contribution in [1.29, 1.82) is 0 Å². The number of amides is 1. The summed E-state index contributed by atoms with van der Waals surface area (Å²) in [5.41, 5.74) is 3.79. The topological polar surface area (TPSA) is 97.3 Å². The molecular weight excluding hydrogens is 320 g/mol. The molecule has 0 fully saturated rings. The smallest absolute Gasteiger partial charge is 0.272 e. The first kappa shape index (κ1) is 17.1. The highest BCUT2D eigenvalue weighted by molar-refractivity contribution is 5.93. The molecule has 0 aliphatic carbocycles. The second-order valence-corrected chi connectivity index (χ2v) is 6.25. The van der Waals surface area contributed by atoms with Gasteiger partial charge in [0.1, 0.15) is 0 Å². The maximum atomic E-state index is 12.4. The van der Waals surface area contributed by atoms with E-state index in [2.05, 4.69) is 20.5 Å². The van der Waals surface area contributed by atoms with Gasteiger partial charge in [0.05, 0.1) is 12.2 Å². The Morgan fingerprint density at radius 1 is 1.32 bits per heavy atom. The summed E-state index contributed by atoms with van der Waals surface area (Å²) in [7, 11) is 0. The number of fused-ring (bicyclic) bond motifs is 1. The molecule has 0 bridgehead atoms. The van der Waals surface area contributed by atoms with E-state index in [-0.39, 0.29) is 18.6 Å². The molecule has 25 heavy (non-hydrogen) atoms. The Hall–Kier alpha value is -2.74. The van der Waals surface area contributed by atoms with Crippen LogP contribution >= 0.6 is 0 Å². The van der Waals surface area contributed by atoms with E-state index in [9.17, 15) is 4.79 Å². The number of rotatable bonds is 6. The molecule has 3 rings (SSSR count). The first-order valence-corrected chi connectivity index (χ1v) is 8.23. The molecule has 132 valence electrons. The van der Waals surface area contributed by atoms with Crippen LogP contribution in [-0.2, 0) is 13.0 Å². The Bertz CT molecular complexity index is 898. The molecule has 8 nitrogen and oxygen atoms in total. The minimum Gasteiger partial charge on any atom is -0.396 e. The molecule has 0 unspecified atom stereocenters. The van der Waals surface area contributed by atoms with Crippen LogP contribution in [0.1, 0.15) is 34.4 Å². The highest BCUT2D eigenvalue weighted by atomic mass is 16.3. The molecule has 3 aromatic heterocycles. The van der Waals surface area contributed by atoms with Crippen LogP contribution in [0.4, 0.5) is 0 Å². The van der Waals surface area contributed by atoms with Crippen molar-refractivity contribution in [1.82, 2.24) is 29.7 Å². The molecule has 3 aromatic rings. The van der Waals surface area contributed by atoms with Crippen LogP contribution in [0.5, 0.6) is 0 Å². The van der Waals surface area contributed by atoms with E-state index in [0.717, 1.165) is 17.0 Å². The maximum Gasteiger partial charge on any atom is 0.272 e. The zero-order valence-corrected chi connectivity index (χ0v) is 14.6. The monoisotopic (exact) mass is 342 g/mol. The fourth-order valence-electron chi connectivity index (χ4n) is 2.75. The molecule has 1 atom stereocenters. The van der Waals surface area contributed by atoms with E-state index in [4.69, 9.17) is 5.11 Å². The van der Waals surface area contributed by atoms with E-state index in [1.54, 1.807) is 23.0 Å². The lowest BCUT2D eigenvalue weighted by Crippen LogP contribution is -2.36. The first-order valence-electron chi connectivity index (χ1n) is 8.23. The lowest BCUT2D eigenvalue weighted by molar-refractivity contribution is 0.0930. The number of hydrogen-bond donors (Lipinski definition) is 2. The summed E-state index contributed by atoms with van der Waals surface area (Å²) in [6.45, 7) is 6.51. The van der Waals surface area contributed by atoms with E-state index in [1.807, 2.05) is 31.5 Å². The first-order chi connectivity index (χ1) is 12.0. The number of carbonyl (C=O) groups excluding carboxylic acids is 1. The Morgan fingerprint density at radius 2 is 2.12 bits per heavy atom. The molecule has 8 heteroatoms. The molecule has 0 aliphatic rings. The molecule has 0 radical (unpaired) electrons. The molecule has 0 aliphatic heterocycles. The van der Waals surface area contributed by atoms with E-state index < -0.39 is 0 Å². The summed E-state index contributed by atoms with van der Waals surface area (Å²) in [6, 6.07) is 3.56. The summed E-state index contributed by atoms with van der Waals surface area (Å²) in [4.78, 5) is 16.7. The number of aromatic nitrogens is 5. The largest absolute Gasteiger partial charge is 0.396 e. The third kappa shape index (κ3) is 3.85. The van der Waals surface area contributed by atoms with Gasteiger partial charge in [-0.25, -0.2) is 9.50 Å². The third-order valence-electron chi connectivity index (χ3n) is 3.93. The van der Waals surface area contributed by atoms with Crippen LogP contribution < -0.4 is 5.32 Å². The molecule has 0 spiro atoms. The van der Waals surface area contributed by atoms with E-state index in [1.165, 1.54) is 0 Å². The minimum absolute atomic E-state index is 0.0473. The summed E-state index contributed by atoms with van der Waals surface area (Å²) in [5.74, 6) is -0.247. The van der Waals surface area contributed by atoms with Crippen molar-refractivity contribution in [3.8, 4) is 0 Å². The lowest BCUT2D eigenvalue weighted by atomic mass is 10.2. The van der Waals surface area contributed by atoms with Crippen LogP contribution in [0.15, 0.2) is 24.5 Å². The number of aliphatic hydroxyl groups excluding tert-OH is 1. The molecule has 0 saturated heterocycles. The van der Waals surface area contributed by atoms with Gasteiger partial charge in [-0.1, -0.05) is 0 Å². The van der Waals surface area contributed by atoms with Gasteiger partial charge in [-0.05, 0) is 38.8 Å². The van der Waals surface area contributed by atoms with Crippen molar-refractivity contribution < 1.29 is 9.90 Å². The van der Waals surface area contributed by atoms with Crippen molar-refractivity contribution in [2.75, 3.05) is 6.61 Å². The average molecular weight is 342 g/mol. The molecule has 0 aromatic carbocycles. The Labute approximate surface area is 145 Å². The number of nitrogens with zero attached hydrogens (tertiary/aromatic N) is 5. The third-order valence-corrected chi connectivity index (χ3v) is 3.93. The molecule has 2 N–H and O–H groups in total. The zero-order valence-electron chi connectivity index (χ0n) is 14.6. The predicted molar refractivity (Wildman–Crippen MR) is 92.4 cm³/mol. The number of hydrogen-bond acceptors (Lipinski definition) is 5. The van der Waals surface area contributed by atoms with Gasteiger partial charge in [0.15, 0.2) is 11.3 Å². The normalized spacial score (nSPS) is 12.5. The fraction of sp³-hybridized carbons (Fsp3) is 0.412. The maximum absolute atomic E-state index is 12.4. The van der Waals surface area contributed by atoms with Gasteiger partial charge in [0, 0.05) is 36.8 Å². The number of aryl methyl sites for hydroxylation is 2. The molecule has 1 amide bonds. The van der Waals surface area contributed by atoms with Crippen molar-refractivity contribution in [3.63, 3.8) is 0 Å². The van der Waals surface area contributed by atoms with Crippen LogP contribution in [0.25, 0.3) is 5.65 Å². The summed E-state index contributed by atoms with van der Waals surface area (Å²) < 4.78 is 3.44. The van der Waals surface area contributed by atoms with Crippen LogP contribution in [0, 0.1) is 13.8 Å². The van der Waals surface area contributed by atoms with Gasteiger partial charge in [-0.15, -0.1) is 0 Å². The standard InChI is InChI=1S/C17H22N6O2/c1-11-6-13(3)22(20-11)9-12(2)19-17(25)15-7-16-18-8-14(4-5-24)10-23(16)21-15/h6-8,10,12,24H,4-5,9H2,1-3H3,(H,19,25)/t12-/m0/s1. The average Bonchev–Trinajstić information content (AvgIpc) is 3.10. The van der Waals surface area contributed by atoms with Crippen LogP contribution in [0.2, 0.25) is 0 Å². The van der Waals surface area contributed by atoms with Gasteiger partial charge in [0.2, 0.25) is 0 Å². The zero-order chi connectivity index (χ0) is 18.0. The lowest BCUT2D eigenvalue weighted by Gasteiger charge is -2.14. The van der Waals surface area contributed by atoms with Crippen molar-refractivity contribution in [2.24, 2.45) is 0 Å². The van der Waals surface area contributed by atoms with E-state index in [0.29, 0.717) is 24.3 Å². The summed E-state index contributed by atoms with van der Waals surface area (Å²) in [6.07, 6.45) is 3.96. The number of carbonyl (C=O) groups is 1. The predicted octanol–water partition coefficient (Wildman–Crippen LogP) is 0.896. The van der Waals surface area contributed by atoms with Gasteiger partial charge in [-0.3, -0.25) is 9.48 Å². The van der Waals surface area contributed by atoms with Crippen molar-refractivity contribution in [3.05, 3.63) is 47.2 Å². The second kappa shape index (κ2) is 7.02. The van der Waals surface area contributed by atoms with Crippen LogP contribution in [-0.4, -0.2) is 48.0 Å². The van der Waals surface area contributed by atoms with Gasteiger partial charge >= 0.3 is 0 Å². The fourth-order valence-corrected chi connectivity index (χ4v) is 2.75.